The molecule has 0 radical (unpaired) electrons. The summed E-state index contributed by atoms with van der Waals surface area (Å²) in [7, 11) is 0. The number of aromatic nitrogens is 1. The van der Waals surface area contributed by atoms with E-state index in [0.717, 1.165) is 66.8 Å². The molecule has 11 rings (SSSR count). The minimum Gasteiger partial charge on any atom is -0.455 e. The molecule has 0 bridgehead atoms. The number of fused-ring (bicyclic) bond motifs is 8. The van der Waals surface area contributed by atoms with Crippen molar-refractivity contribution in [2.75, 3.05) is 4.90 Å². The maximum atomic E-state index is 6.64. The van der Waals surface area contributed by atoms with E-state index in [1.807, 2.05) is 48.5 Å². The van der Waals surface area contributed by atoms with Crippen LogP contribution in [0.4, 0.5) is 17.1 Å². The zero-order valence-electron chi connectivity index (χ0n) is 31.0. The van der Waals surface area contributed by atoms with E-state index in [1.165, 1.54) is 33.4 Å². The highest BCUT2D eigenvalue weighted by Crippen LogP contribution is 2.54. The molecule has 56 heavy (non-hydrogen) atoms. The van der Waals surface area contributed by atoms with Crippen LogP contribution in [0, 0.1) is 0 Å². The molecule has 0 unspecified atom stereocenters. The predicted molar refractivity (Wildman–Crippen MR) is 230 cm³/mol. The predicted octanol–water partition coefficient (Wildman–Crippen LogP) is 14.5. The quantitative estimate of drug-likeness (QED) is 0.171. The van der Waals surface area contributed by atoms with Gasteiger partial charge in [-0.15, -0.1) is 0 Å². The highest BCUT2D eigenvalue weighted by molar-refractivity contribution is 6.20. The van der Waals surface area contributed by atoms with Gasteiger partial charge in [-0.05, 0) is 88.0 Å². The molecule has 4 nitrogen and oxygen atoms in total. The molecule has 266 valence electrons. The summed E-state index contributed by atoms with van der Waals surface area (Å²) in [6.07, 6.45) is 0. The largest absolute Gasteiger partial charge is 0.455 e. The van der Waals surface area contributed by atoms with E-state index < -0.39 is 0 Å². The van der Waals surface area contributed by atoms with Crippen LogP contribution in [0.3, 0.4) is 0 Å². The Morgan fingerprint density at radius 1 is 0.482 bits per heavy atom. The van der Waals surface area contributed by atoms with Crippen molar-refractivity contribution in [1.82, 2.24) is 4.98 Å². The molecule has 8 aromatic carbocycles. The number of oxazole rings is 1. The van der Waals surface area contributed by atoms with Crippen LogP contribution in [0.5, 0.6) is 0 Å². The molecule has 0 saturated carbocycles. The molecule has 0 aliphatic heterocycles. The first-order chi connectivity index (χ1) is 27.5. The summed E-state index contributed by atoms with van der Waals surface area (Å²) in [6, 6.07) is 64.3. The normalized spacial score (nSPS) is 13.0. The molecule has 0 N–H and O–H groups in total. The number of benzene rings is 8. The van der Waals surface area contributed by atoms with Gasteiger partial charge in [-0.2, -0.15) is 0 Å². The van der Waals surface area contributed by atoms with Crippen molar-refractivity contribution in [3.8, 4) is 44.8 Å². The fourth-order valence-corrected chi connectivity index (χ4v) is 8.79. The Bertz CT molecular complexity index is 3100. The highest BCUT2D eigenvalue weighted by atomic mass is 16.4. The van der Waals surface area contributed by atoms with E-state index in [1.54, 1.807) is 0 Å². The third kappa shape index (κ3) is 4.96. The van der Waals surface area contributed by atoms with Gasteiger partial charge in [-0.25, -0.2) is 4.98 Å². The standard InChI is InChI=1S/C52H36N2O2/c1-52(2)42-23-11-9-21-39(42)47-43(52)24-14-25-44(47)54(38-20-13-19-36(31-38)33-15-5-3-6-16-33)37-29-27-34(28-30-37)41-32-46-49(53-51(56-46)35-17-7-4-8-18-35)48-40-22-10-12-26-45(40)55-50(41)48/h3-32H,1-2H3. The lowest BCUT2D eigenvalue weighted by molar-refractivity contribution is 0.619. The Hall–Kier alpha value is -7.17. The van der Waals surface area contributed by atoms with Crippen molar-refractivity contribution in [2.45, 2.75) is 19.3 Å². The fourth-order valence-electron chi connectivity index (χ4n) is 8.79. The smallest absolute Gasteiger partial charge is 0.227 e. The van der Waals surface area contributed by atoms with Crippen LogP contribution >= 0.6 is 0 Å². The van der Waals surface area contributed by atoms with Gasteiger partial charge in [0.25, 0.3) is 0 Å². The molecule has 2 aromatic heterocycles. The minimum atomic E-state index is -0.124. The number of rotatable bonds is 6. The van der Waals surface area contributed by atoms with E-state index in [2.05, 4.69) is 152 Å². The average Bonchev–Trinajstić information content (AvgIpc) is 3.93. The Kier molecular flexibility index (Phi) is 7.17. The Balaban J connectivity index is 1.10. The second-order valence-electron chi connectivity index (χ2n) is 15.1. The van der Waals surface area contributed by atoms with Crippen molar-refractivity contribution in [1.29, 1.82) is 0 Å². The van der Waals surface area contributed by atoms with Gasteiger partial charge in [0.05, 0.1) is 11.1 Å². The average molecular weight is 721 g/mol. The second-order valence-corrected chi connectivity index (χ2v) is 15.1. The summed E-state index contributed by atoms with van der Waals surface area (Å²) in [4.78, 5) is 7.44. The first-order valence-corrected chi connectivity index (χ1v) is 19.1. The lowest BCUT2D eigenvalue weighted by Gasteiger charge is -2.29. The van der Waals surface area contributed by atoms with Crippen molar-refractivity contribution in [2.24, 2.45) is 0 Å². The van der Waals surface area contributed by atoms with Crippen LogP contribution in [0.15, 0.2) is 191 Å². The van der Waals surface area contributed by atoms with E-state index in [-0.39, 0.29) is 5.41 Å². The van der Waals surface area contributed by atoms with Crippen LogP contribution in [0.2, 0.25) is 0 Å². The molecule has 1 aliphatic rings. The molecule has 10 aromatic rings. The van der Waals surface area contributed by atoms with Crippen LogP contribution in [-0.4, -0.2) is 4.98 Å². The number of para-hydroxylation sites is 1. The maximum absolute atomic E-state index is 6.64. The molecular weight excluding hydrogens is 685 g/mol. The SMILES string of the molecule is CC1(C)c2ccccc2-c2c(N(c3ccc(-c4cc5oc(-c6ccccc6)nc5c5c4oc4ccccc45)cc3)c3cccc(-c4ccccc4)c3)cccc21. The zero-order chi connectivity index (χ0) is 37.4. The molecular formula is C52H36N2O2. The number of hydrogen-bond acceptors (Lipinski definition) is 4. The van der Waals surface area contributed by atoms with Gasteiger partial charge >= 0.3 is 0 Å². The van der Waals surface area contributed by atoms with Crippen molar-refractivity contribution in [3.05, 3.63) is 193 Å². The molecule has 2 heterocycles. The van der Waals surface area contributed by atoms with Crippen molar-refractivity contribution < 1.29 is 8.83 Å². The van der Waals surface area contributed by atoms with Crippen LogP contribution in [-0.2, 0) is 5.41 Å². The lowest BCUT2D eigenvalue weighted by Crippen LogP contribution is -2.16. The van der Waals surface area contributed by atoms with Gasteiger partial charge < -0.3 is 13.7 Å². The van der Waals surface area contributed by atoms with E-state index >= 15 is 0 Å². The number of furan rings is 1. The number of hydrogen-bond donors (Lipinski definition) is 0. The molecule has 0 fully saturated rings. The van der Waals surface area contributed by atoms with Crippen LogP contribution in [0.1, 0.15) is 25.0 Å². The maximum Gasteiger partial charge on any atom is 0.227 e. The number of nitrogens with zero attached hydrogens (tertiary/aromatic N) is 2. The topological polar surface area (TPSA) is 42.4 Å². The molecule has 0 spiro atoms. The van der Waals surface area contributed by atoms with E-state index in [9.17, 15) is 0 Å². The van der Waals surface area contributed by atoms with Gasteiger partial charge in [0, 0.05) is 38.9 Å². The van der Waals surface area contributed by atoms with Crippen molar-refractivity contribution >= 4 is 50.1 Å². The van der Waals surface area contributed by atoms with Gasteiger partial charge in [0.2, 0.25) is 5.89 Å². The summed E-state index contributed by atoms with van der Waals surface area (Å²) in [6.45, 7) is 4.67. The monoisotopic (exact) mass is 720 g/mol. The van der Waals surface area contributed by atoms with Crippen molar-refractivity contribution in [3.63, 3.8) is 0 Å². The molecule has 0 amide bonds. The molecule has 0 saturated heterocycles. The molecule has 0 atom stereocenters. The summed E-state index contributed by atoms with van der Waals surface area (Å²) < 4.78 is 13.1. The molecule has 4 heteroatoms. The summed E-state index contributed by atoms with van der Waals surface area (Å²) in [5.74, 6) is 0.591. The van der Waals surface area contributed by atoms with Gasteiger partial charge in [0.1, 0.15) is 16.7 Å². The van der Waals surface area contributed by atoms with Gasteiger partial charge in [-0.3, -0.25) is 0 Å². The fraction of sp³-hybridized carbons (Fsp3) is 0.0577. The zero-order valence-corrected chi connectivity index (χ0v) is 31.0. The first-order valence-electron chi connectivity index (χ1n) is 19.1. The van der Waals surface area contributed by atoms with Gasteiger partial charge in [-0.1, -0.05) is 141 Å². The third-order valence-electron chi connectivity index (χ3n) is 11.5. The Labute approximate surface area is 324 Å². The first kappa shape index (κ1) is 32.3. The van der Waals surface area contributed by atoms with Gasteiger partial charge in [0.15, 0.2) is 5.58 Å². The highest BCUT2D eigenvalue weighted by Gasteiger charge is 2.37. The summed E-state index contributed by atoms with van der Waals surface area (Å²) in [5, 5.41) is 1.98. The Morgan fingerprint density at radius 3 is 1.98 bits per heavy atom. The lowest BCUT2D eigenvalue weighted by atomic mass is 9.82. The van der Waals surface area contributed by atoms with Crippen LogP contribution in [0.25, 0.3) is 77.9 Å². The third-order valence-corrected chi connectivity index (χ3v) is 11.5. The summed E-state index contributed by atoms with van der Waals surface area (Å²) >= 11 is 0. The number of anilines is 3. The Morgan fingerprint density at radius 2 is 1.16 bits per heavy atom. The second kappa shape index (κ2) is 12.4. The van der Waals surface area contributed by atoms with Crippen LogP contribution < -0.4 is 4.90 Å². The molecule has 1 aliphatic carbocycles. The van der Waals surface area contributed by atoms with E-state index in [0.29, 0.717) is 5.89 Å². The van der Waals surface area contributed by atoms with E-state index in [4.69, 9.17) is 13.8 Å². The summed E-state index contributed by atoms with van der Waals surface area (Å²) in [5.41, 5.74) is 16.8. The minimum absolute atomic E-state index is 0.124.